The molecule has 0 fully saturated rings. The molecule has 0 saturated carbocycles. The number of hydrogen-bond donors (Lipinski definition) is 1. The fraction of sp³-hybridized carbons (Fsp3) is 0.174. The van der Waals surface area contributed by atoms with Gasteiger partial charge in [-0.15, -0.1) is 0 Å². The number of benzene rings is 2. The van der Waals surface area contributed by atoms with Crippen LogP contribution in [-0.4, -0.2) is 35.3 Å². The van der Waals surface area contributed by atoms with Crippen molar-refractivity contribution >= 4 is 17.9 Å². The molecule has 0 bridgehead atoms. The third-order valence-corrected chi connectivity index (χ3v) is 5.66. The minimum absolute atomic E-state index is 0.0215. The summed E-state index contributed by atoms with van der Waals surface area (Å²) in [6, 6.07) is 17.8. The standard InChI is InChI=1S/C23H18N2O4/c26-22(27)19-9-11-24-21-18(19)10-12-25(21)23(28)29-13-20-16-7-3-1-5-14(16)15-6-2-4-8-17(15)20/h1-9,11,20H,10,12-13H2,(H,26,27). The lowest BCUT2D eigenvalue weighted by Gasteiger charge is -2.19. The Balaban J connectivity index is 1.38. The highest BCUT2D eigenvalue weighted by molar-refractivity contribution is 5.95. The number of carboxylic acids is 1. The van der Waals surface area contributed by atoms with Crippen LogP contribution in [0.4, 0.5) is 10.6 Å². The fourth-order valence-electron chi connectivity index (χ4n) is 4.34. The highest BCUT2D eigenvalue weighted by Gasteiger charge is 2.33. The summed E-state index contributed by atoms with van der Waals surface area (Å²) in [5.74, 6) is -0.660. The Labute approximate surface area is 167 Å². The zero-order valence-electron chi connectivity index (χ0n) is 15.5. The monoisotopic (exact) mass is 386 g/mol. The summed E-state index contributed by atoms with van der Waals surface area (Å²) < 4.78 is 5.68. The molecular formula is C23H18N2O4. The van der Waals surface area contributed by atoms with E-state index in [2.05, 4.69) is 29.2 Å². The first-order chi connectivity index (χ1) is 14.1. The number of rotatable bonds is 3. The minimum atomic E-state index is -1.02. The van der Waals surface area contributed by atoms with Crippen LogP contribution < -0.4 is 4.90 Å². The molecule has 6 heteroatoms. The average Bonchev–Trinajstić information content (AvgIpc) is 3.31. The largest absolute Gasteiger partial charge is 0.478 e. The maximum Gasteiger partial charge on any atom is 0.415 e. The van der Waals surface area contributed by atoms with Gasteiger partial charge in [0.2, 0.25) is 0 Å². The van der Waals surface area contributed by atoms with E-state index in [1.807, 2.05) is 24.3 Å². The second-order valence-electron chi connectivity index (χ2n) is 7.17. The smallest absolute Gasteiger partial charge is 0.415 e. The second kappa shape index (κ2) is 6.74. The Morgan fingerprint density at radius 3 is 2.34 bits per heavy atom. The Hall–Kier alpha value is -3.67. The van der Waals surface area contributed by atoms with Gasteiger partial charge in [-0.25, -0.2) is 14.6 Å². The number of anilines is 1. The molecule has 1 N–H and O–H groups in total. The lowest BCUT2D eigenvalue weighted by molar-refractivity contribution is 0.0695. The van der Waals surface area contributed by atoms with E-state index < -0.39 is 12.1 Å². The predicted molar refractivity (Wildman–Crippen MR) is 107 cm³/mol. The summed E-state index contributed by atoms with van der Waals surface area (Å²) >= 11 is 0. The van der Waals surface area contributed by atoms with Crippen molar-refractivity contribution in [1.82, 2.24) is 4.98 Å². The molecule has 0 radical (unpaired) electrons. The third kappa shape index (κ3) is 2.76. The van der Waals surface area contributed by atoms with Crippen LogP contribution in [0.25, 0.3) is 11.1 Å². The van der Waals surface area contributed by atoms with E-state index in [1.54, 1.807) is 0 Å². The normalized spacial score (nSPS) is 14.3. The van der Waals surface area contributed by atoms with Crippen LogP contribution >= 0.6 is 0 Å². The van der Waals surface area contributed by atoms with E-state index in [1.165, 1.54) is 28.3 Å². The van der Waals surface area contributed by atoms with Crippen molar-refractivity contribution in [2.24, 2.45) is 0 Å². The number of aromatic carboxylic acids is 1. The van der Waals surface area contributed by atoms with Gasteiger partial charge >= 0.3 is 12.1 Å². The van der Waals surface area contributed by atoms with Crippen LogP contribution in [0.2, 0.25) is 0 Å². The molecule has 3 aromatic rings. The van der Waals surface area contributed by atoms with Gasteiger partial charge in [0.25, 0.3) is 0 Å². The highest BCUT2D eigenvalue weighted by atomic mass is 16.6. The molecule has 0 atom stereocenters. The van der Waals surface area contributed by atoms with Crippen molar-refractivity contribution in [3.8, 4) is 11.1 Å². The Bertz CT molecular complexity index is 1100. The molecule has 2 heterocycles. The number of hydrogen-bond acceptors (Lipinski definition) is 4. The Morgan fingerprint density at radius 1 is 1.03 bits per heavy atom. The fourth-order valence-corrected chi connectivity index (χ4v) is 4.34. The molecule has 1 amide bonds. The summed E-state index contributed by atoms with van der Waals surface area (Å²) in [6.07, 6.45) is 1.37. The van der Waals surface area contributed by atoms with Gasteiger partial charge in [-0.3, -0.25) is 4.90 Å². The van der Waals surface area contributed by atoms with Gasteiger partial charge < -0.3 is 9.84 Å². The average molecular weight is 386 g/mol. The van der Waals surface area contributed by atoms with Gasteiger partial charge in [-0.05, 0) is 34.7 Å². The Morgan fingerprint density at radius 2 is 1.69 bits per heavy atom. The number of carboxylic acid groups (broad SMARTS) is 1. The van der Waals surface area contributed by atoms with E-state index in [9.17, 15) is 14.7 Å². The third-order valence-electron chi connectivity index (χ3n) is 5.66. The molecule has 0 spiro atoms. The molecule has 0 unspecified atom stereocenters. The summed E-state index contributed by atoms with van der Waals surface area (Å²) in [4.78, 5) is 29.8. The predicted octanol–water partition coefficient (Wildman–Crippen LogP) is 4.09. The first-order valence-corrected chi connectivity index (χ1v) is 9.49. The number of pyridine rings is 1. The van der Waals surface area contributed by atoms with Crippen molar-refractivity contribution in [1.29, 1.82) is 0 Å². The number of fused-ring (bicyclic) bond motifs is 4. The van der Waals surface area contributed by atoms with Crippen LogP contribution in [0.3, 0.4) is 0 Å². The molecule has 1 aliphatic heterocycles. The number of ether oxygens (including phenoxy) is 1. The van der Waals surface area contributed by atoms with Gasteiger partial charge in [0, 0.05) is 24.2 Å². The van der Waals surface area contributed by atoms with Gasteiger partial charge in [-0.2, -0.15) is 0 Å². The molecule has 1 aromatic heterocycles. The summed E-state index contributed by atoms with van der Waals surface area (Å²) in [5, 5.41) is 9.34. The van der Waals surface area contributed by atoms with Gasteiger partial charge in [0.1, 0.15) is 12.4 Å². The first-order valence-electron chi connectivity index (χ1n) is 9.49. The van der Waals surface area contributed by atoms with E-state index >= 15 is 0 Å². The topological polar surface area (TPSA) is 79.7 Å². The SMILES string of the molecule is O=C(O)c1ccnc2c1CCN2C(=O)OCC1c2ccccc2-c2ccccc21. The van der Waals surface area contributed by atoms with E-state index in [4.69, 9.17) is 4.74 Å². The number of carbonyl (C=O) groups is 2. The molecule has 6 nitrogen and oxygen atoms in total. The second-order valence-corrected chi connectivity index (χ2v) is 7.17. The molecule has 1 aliphatic carbocycles. The van der Waals surface area contributed by atoms with Crippen LogP contribution in [0.15, 0.2) is 60.8 Å². The molecule has 144 valence electrons. The summed E-state index contributed by atoms with van der Waals surface area (Å²) in [6.45, 7) is 0.584. The minimum Gasteiger partial charge on any atom is -0.478 e. The van der Waals surface area contributed by atoms with Crippen molar-refractivity contribution in [2.75, 3.05) is 18.1 Å². The summed E-state index contributed by atoms with van der Waals surface area (Å²) in [7, 11) is 0. The number of nitrogens with zero attached hydrogens (tertiary/aromatic N) is 2. The number of amides is 1. The van der Waals surface area contributed by atoms with Crippen LogP contribution in [-0.2, 0) is 11.2 Å². The van der Waals surface area contributed by atoms with Crippen molar-refractivity contribution in [3.63, 3.8) is 0 Å². The molecule has 5 rings (SSSR count). The lowest BCUT2D eigenvalue weighted by Crippen LogP contribution is -2.31. The van der Waals surface area contributed by atoms with Crippen molar-refractivity contribution in [2.45, 2.75) is 12.3 Å². The van der Waals surface area contributed by atoms with E-state index in [-0.39, 0.29) is 18.1 Å². The van der Waals surface area contributed by atoms with Crippen molar-refractivity contribution < 1.29 is 19.4 Å². The first kappa shape index (κ1) is 17.4. The summed E-state index contributed by atoms with van der Waals surface area (Å²) in [5.41, 5.74) is 5.40. The highest BCUT2D eigenvalue weighted by Crippen LogP contribution is 2.44. The van der Waals surface area contributed by atoms with Gasteiger partial charge in [0.05, 0.1) is 5.56 Å². The number of aromatic nitrogens is 1. The molecule has 2 aliphatic rings. The van der Waals surface area contributed by atoms with Crippen LogP contribution in [0.1, 0.15) is 33.0 Å². The van der Waals surface area contributed by atoms with E-state index in [0.29, 0.717) is 24.3 Å². The van der Waals surface area contributed by atoms with Crippen molar-refractivity contribution in [3.05, 3.63) is 83.0 Å². The lowest BCUT2D eigenvalue weighted by atomic mass is 9.98. The van der Waals surface area contributed by atoms with Gasteiger partial charge in [-0.1, -0.05) is 48.5 Å². The van der Waals surface area contributed by atoms with Crippen LogP contribution in [0.5, 0.6) is 0 Å². The quantitative estimate of drug-likeness (QED) is 0.733. The Kier molecular flexibility index (Phi) is 4.05. The molecular weight excluding hydrogens is 368 g/mol. The number of carbonyl (C=O) groups excluding carboxylic acids is 1. The van der Waals surface area contributed by atoms with E-state index in [0.717, 1.165) is 11.1 Å². The zero-order valence-corrected chi connectivity index (χ0v) is 15.5. The molecule has 29 heavy (non-hydrogen) atoms. The molecule has 0 saturated heterocycles. The maximum absolute atomic E-state index is 12.8. The molecule has 2 aromatic carbocycles. The van der Waals surface area contributed by atoms with Gasteiger partial charge in [0.15, 0.2) is 0 Å². The zero-order chi connectivity index (χ0) is 20.0. The maximum atomic E-state index is 12.8. The van der Waals surface area contributed by atoms with Crippen LogP contribution in [0, 0.1) is 0 Å².